The molecule has 6 heteroatoms. The molecule has 0 spiro atoms. The molecule has 0 saturated heterocycles. The summed E-state index contributed by atoms with van der Waals surface area (Å²) < 4.78 is 7.77. The van der Waals surface area contributed by atoms with Crippen molar-refractivity contribution in [1.82, 2.24) is 19.5 Å². The number of ether oxygens (including phenoxy) is 1. The predicted molar refractivity (Wildman–Crippen MR) is 122 cm³/mol. The Morgan fingerprint density at radius 2 is 1.88 bits per heavy atom. The first-order chi connectivity index (χ1) is 15.7. The molecule has 32 heavy (non-hydrogen) atoms. The summed E-state index contributed by atoms with van der Waals surface area (Å²) in [5.41, 5.74) is 6.36. The van der Waals surface area contributed by atoms with Gasteiger partial charge in [0.15, 0.2) is 5.65 Å². The molecule has 0 N–H and O–H groups in total. The molecule has 6 nitrogen and oxygen atoms in total. The minimum absolute atomic E-state index is 0.178. The lowest BCUT2D eigenvalue weighted by atomic mass is 10.1. The third-order valence-electron chi connectivity index (χ3n) is 5.92. The summed E-state index contributed by atoms with van der Waals surface area (Å²) in [4.78, 5) is 19.3. The highest BCUT2D eigenvalue weighted by molar-refractivity contribution is 5.76. The van der Waals surface area contributed by atoms with Crippen molar-refractivity contribution >= 4 is 11.6 Å². The van der Waals surface area contributed by atoms with Crippen LogP contribution >= 0.6 is 0 Å². The van der Waals surface area contributed by atoms with Crippen LogP contribution in [0.25, 0.3) is 5.65 Å². The van der Waals surface area contributed by atoms with Crippen molar-refractivity contribution in [2.75, 3.05) is 6.54 Å². The molecule has 0 bridgehead atoms. The van der Waals surface area contributed by atoms with E-state index in [4.69, 9.17) is 4.74 Å². The third kappa shape index (κ3) is 4.35. The Balaban J connectivity index is 1.15. The van der Waals surface area contributed by atoms with E-state index in [0.717, 1.165) is 53.2 Å². The van der Waals surface area contributed by atoms with Gasteiger partial charge in [-0.15, -0.1) is 0 Å². The van der Waals surface area contributed by atoms with E-state index in [1.165, 1.54) is 5.69 Å². The summed E-state index contributed by atoms with van der Waals surface area (Å²) in [5.74, 6) is 1.01. The number of rotatable bonds is 6. The van der Waals surface area contributed by atoms with Gasteiger partial charge in [0.1, 0.15) is 12.4 Å². The maximum Gasteiger partial charge on any atom is 0.223 e. The first-order valence-corrected chi connectivity index (χ1v) is 11.0. The number of benzene rings is 2. The number of fused-ring (bicyclic) bond motifs is 3. The average Bonchev–Trinajstić information content (AvgIpc) is 3.23. The lowest BCUT2D eigenvalue weighted by molar-refractivity contribution is -0.132. The second-order valence-corrected chi connectivity index (χ2v) is 8.27. The molecule has 0 radical (unpaired) electrons. The quantitative estimate of drug-likeness (QED) is 0.465. The zero-order valence-corrected chi connectivity index (χ0v) is 18.2. The maximum absolute atomic E-state index is 12.8. The molecule has 2 aromatic heterocycles. The Kier molecular flexibility index (Phi) is 5.58. The van der Waals surface area contributed by atoms with Crippen LogP contribution in [0.3, 0.4) is 0 Å². The summed E-state index contributed by atoms with van der Waals surface area (Å²) in [5, 5.41) is 4.55. The molecule has 1 amide bonds. The molecule has 5 rings (SSSR count). The van der Waals surface area contributed by atoms with E-state index in [1.54, 1.807) is 0 Å². The number of carbonyl (C=O) groups is 1. The molecular formula is C26H26N4O2. The van der Waals surface area contributed by atoms with Crippen molar-refractivity contribution in [3.05, 3.63) is 94.9 Å². The predicted octanol–water partition coefficient (Wildman–Crippen LogP) is 4.13. The number of nitrogens with zero attached hydrogens (tertiary/aromatic N) is 4. The van der Waals surface area contributed by atoms with Crippen LogP contribution in [0.5, 0.6) is 5.75 Å². The van der Waals surface area contributed by atoms with Gasteiger partial charge in [-0.25, -0.2) is 9.50 Å². The van der Waals surface area contributed by atoms with Gasteiger partial charge in [-0.05, 0) is 36.6 Å². The molecule has 0 aliphatic carbocycles. The van der Waals surface area contributed by atoms with Crippen molar-refractivity contribution in [3.63, 3.8) is 0 Å². The first-order valence-electron chi connectivity index (χ1n) is 11.0. The summed E-state index contributed by atoms with van der Waals surface area (Å²) in [6.45, 7) is 3.84. The van der Waals surface area contributed by atoms with Crippen LogP contribution in [0.1, 0.15) is 34.5 Å². The van der Waals surface area contributed by atoms with Gasteiger partial charge in [-0.3, -0.25) is 4.79 Å². The summed E-state index contributed by atoms with van der Waals surface area (Å²) >= 11 is 0. The van der Waals surface area contributed by atoms with Gasteiger partial charge in [-0.2, -0.15) is 5.10 Å². The highest BCUT2D eigenvalue weighted by Crippen LogP contribution is 2.21. The van der Waals surface area contributed by atoms with E-state index in [-0.39, 0.29) is 5.91 Å². The molecule has 0 fully saturated rings. The highest BCUT2D eigenvalue weighted by atomic mass is 16.5. The molecule has 162 valence electrons. The number of aromatic nitrogens is 3. The van der Waals surface area contributed by atoms with Crippen LogP contribution in [0.2, 0.25) is 0 Å². The molecule has 1 aliphatic rings. The lowest BCUT2D eigenvalue weighted by Crippen LogP contribution is -2.37. The van der Waals surface area contributed by atoms with Crippen molar-refractivity contribution in [1.29, 1.82) is 0 Å². The minimum Gasteiger partial charge on any atom is -0.489 e. The molecule has 0 unspecified atom stereocenters. The fourth-order valence-corrected chi connectivity index (χ4v) is 4.17. The Morgan fingerprint density at radius 1 is 1.06 bits per heavy atom. The number of hydrogen-bond donors (Lipinski definition) is 0. The van der Waals surface area contributed by atoms with Crippen LogP contribution in [0, 0.1) is 6.92 Å². The van der Waals surface area contributed by atoms with Gasteiger partial charge in [0.25, 0.3) is 0 Å². The Morgan fingerprint density at radius 3 is 2.69 bits per heavy atom. The fourth-order valence-electron chi connectivity index (χ4n) is 4.17. The third-order valence-corrected chi connectivity index (χ3v) is 5.92. The van der Waals surface area contributed by atoms with Crippen molar-refractivity contribution < 1.29 is 9.53 Å². The van der Waals surface area contributed by atoms with Crippen LogP contribution in [-0.2, 0) is 30.8 Å². The molecule has 4 aromatic rings. The largest absolute Gasteiger partial charge is 0.489 e. The number of carbonyl (C=O) groups excluding carboxylic acids is 1. The van der Waals surface area contributed by atoms with E-state index in [2.05, 4.69) is 10.1 Å². The molecule has 3 heterocycles. The topological polar surface area (TPSA) is 59.7 Å². The van der Waals surface area contributed by atoms with Gasteiger partial charge in [0, 0.05) is 43.8 Å². The normalized spacial score (nSPS) is 13.2. The second-order valence-electron chi connectivity index (χ2n) is 8.27. The van der Waals surface area contributed by atoms with E-state index < -0.39 is 0 Å². The average molecular weight is 427 g/mol. The van der Waals surface area contributed by atoms with Gasteiger partial charge >= 0.3 is 0 Å². The van der Waals surface area contributed by atoms with Crippen molar-refractivity contribution in [2.45, 2.75) is 39.3 Å². The van der Waals surface area contributed by atoms with E-state index in [9.17, 15) is 4.79 Å². The fraction of sp³-hybridized carbons (Fsp3) is 0.269. The van der Waals surface area contributed by atoms with E-state index >= 15 is 0 Å². The monoisotopic (exact) mass is 426 g/mol. The first kappa shape index (κ1) is 20.2. The molecule has 0 saturated carbocycles. The summed E-state index contributed by atoms with van der Waals surface area (Å²) in [6.07, 6.45) is 3.90. The standard InChI is InChI=1S/C26H26N4O2/c1-19-15-25-27-16-22-17-29(14-13-24(22)30(25)28-19)26(31)12-9-20-7-10-23(11-8-20)32-18-21-5-3-2-4-6-21/h2-8,10-11,15-16H,9,12-14,17-18H2,1H3. The van der Waals surface area contributed by atoms with Gasteiger partial charge in [-0.1, -0.05) is 42.5 Å². The van der Waals surface area contributed by atoms with Crippen molar-refractivity contribution in [3.8, 4) is 5.75 Å². The highest BCUT2D eigenvalue weighted by Gasteiger charge is 2.23. The minimum atomic E-state index is 0.178. The molecular weight excluding hydrogens is 400 g/mol. The van der Waals surface area contributed by atoms with E-state index in [1.807, 2.05) is 83.2 Å². The van der Waals surface area contributed by atoms with Gasteiger partial charge < -0.3 is 9.64 Å². The number of aryl methyl sites for hydroxylation is 2. The van der Waals surface area contributed by atoms with Crippen molar-refractivity contribution in [2.24, 2.45) is 0 Å². The van der Waals surface area contributed by atoms with Gasteiger partial charge in [0.2, 0.25) is 5.91 Å². The van der Waals surface area contributed by atoms with E-state index in [0.29, 0.717) is 19.6 Å². The number of amides is 1. The maximum atomic E-state index is 12.8. The van der Waals surface area contributed by atoms with Crippen LogP contribution < -0.4 is 4.74 Å². The molecule has 2 aromatic carbocycles. The smallest absolute Gasteiger partial charge is 0.223 e. The number of hydrogen-bond acceptors (Lipinski definition) is 4. The zero-order valence-electron chi connectivity index (χ0n) is 18.2. The van der Waals surface area contributed by atoms with Crippen LogP contribution in [-0.4, -0.2) is 31.9 Å². The summed E-state index contributed by atoms with van der Waals surface area (Å²) in [7, 11) is 0. The Bertz CT molecular complexity index is 1230. The molecule has 0 atom stereocenters. The molecule has 1 aliphatic heterocycles. The second kappa shape index (κ2) is 8.83. The zero-order chi connectivity index (χ0) is 21.9. The van der Waals surface area contributed by atoms with Crippen LogP contribution in [0.15, 0.2) is 66.9 Å². The van der Waals surface area contributed by atoms with Crippen LogP contribution in [0.4, 0.5) is 0 Å². The summed E-state index contributed by atoms with van der Waals surface area (Å²) in [6, 6.07) is 20.1. The van der Waals surface area contributed by atoms with Gasteiger partial charge in [0.05, 0.1) is 11.4 Å². The SMILES string of the molecule is Cc1cc2ncc3c(n2n1)CCN(C(=O)CCc1ccc(OCc2ccccc2)cc1)C3. The lowest BCUT2D eigenvalue weighted by Gasteiger charge is -2.28. The Hall–Kier alpha value is -3.67. The Labute approximate surface area is 187 Å².